The summed E-state index contributed by atoms with van der Waals surface area (Å²) in [6.07, 6.45) is -0.208. The molecule has 0 saturated carbocycles. The molecule has 8 heteroatoms. The van der Waals surface area contributed by atoms with E-state index in [1.54, 1.807) is 18.0 Å². The zero-order valence-electron chi connectivity index (χ0n) is 13.6. The van der Waals surface area contributed by atoms with Crippen molar-refractivity contribution in [3.63, 3.8) is 0 Å². The van der Waals surface area contributed by atoms with Gasteiger partial charge >= 0.3 is 6.03 Å². The maximum Gasteiger partial charge on any atom is 0.317 e. The second-order valence-corrected chi connectivity index (χ2v) is 6.47. The largest absolute Gasteiger partial charge is 0.395 e. The standard InChI is InChI=1S/C16H23Cl2N3O3/c1-19-16(23)21(5-6-22)10-12-9-20-4-7-24-15(12)11-2-3-13(17)14(18)8-11/h2-3,8,12,15,20,22H,4-7,9-10H2,1H3,(H,19,23)/t12-,15-/m0/s1. The topological polar surface area (TPSA) is 73.8 Å². The maximum absolute atomic E-state index is 12.0. The van der Waals surface area contributed by atoms with Crippen molar-refractivity contribution >= 4 is 29.2 Å². The summed E-state index contributed by atoms with van der Waals surface area (Å²) in [4.78, 5) is 13.6. The first-order chi connectivity index (χ1) is 11.6. The average molecular weight is 376 g/mol. The number of hydrogen-bond acceptors (Lipinski definition) is 4. The van der Waals surface area contributed by atoms with Crippen LogP contribution in [0.3, 0.4) is 0 Å². The molecule has 1 aromatic carbocycles. The van der Waals surface area contributed by atoms with E-state index in [1.807, 2.05) is 12.1 Å². The monoisotopic (exact) mass is 375 g/mol. The zero-order valence-corrected chi connectivity index (χ0v) is 15.1. The third kappa shape index (κ3) is 4.97. The molecule has 1 fully saturated rings. The van der Waals surface area contributed by atoms with Crippen LogP contribution in [0.1, 0.15) is 11.7 Å². The summed E-state index contributed by atoms with van der Waals surface area (Å²) >= 11 is 12.1. The minimum absolute atomic E-state index is 0.0218. The summed E-state index contributed by atoms with van der Waals surface area (Å²) in [7, 11) is 1.57. The van der Waals surface area contributed by atoms with Crippen LogP contribution in [0, 0.1) is 5.92 Å². The number of carbonyl (C=O) groups is 1. The lowest BCUT2D eigenvalue weighted by Gasteiger charge is -2.31. The van der Waals surface area contributed by atoms with E-state index in [9.17, 15) is 9.90 Å². The smallest absolute Gasteiger partial charge is 0.317 e. The molecule has 2 rings (SSSR count). The summed E-state index contributed by atoms with van der Waals surface area (Å²) in [5, 5.41) is 16.1. The van der Waals surface area contributed by atoms with Crippen molar-refractivity contribution in [1.29, 1.82) is 0 Å². The number of nitrogens with one attached hydrogen (secondary N) is 2. The molecular formula is C16H23Cl2N3O3. The Labute approximate surface area is 152 Å². The highest BCUT2D eigenvalue weighted by atomic mass is 35.5. The van der Waals surface area contributed by atoms with Gasteiger partial charge in [0.1, 0.15) is 0 Å². The molecule has 134 valence electrons. The normalized spacial score (nSPS) is 21.2. The zero-order chi connectivity index (χ0) is 17.5. The Morgan fingerprint density at radius 2 is 2.25 bits per heavy atom. The van der Waals surface area contributed by atoms with Crippen molar-refractivity contribution in [2.75, 3.05) is 46.4 Å². The molecular weight excluding hydrogens is 353 g/mol. The third-order valence-corrected chi connectivity index (χ3v) is 4.75. The van der Waals surface area contributed by atoms with Crippen LogP contribution in [0.4, 0.5) is 4.79 Å². The third-order valence-electron chi connectivity index (χ3n) is 4.01. The first-order valence-electron chi connectivity index (χ1n) is 7.91. The molecule has 1 aromatic rings. The van der Waals surface area contributed by atoms with Crippen LogP contribution >= 0.6 is 23.2 Å². The van der Waals surface area contributed by atoms with Crippen LogP contribution in [0.2, 0.25) is 10.0 Å². The van der Waals surface area contributed by atoms with E-state index in [0.29, 0.717) is 29.7 Å². The highest BCUT2D eigenvalue weighted by molar-refractivity contribution is 6.42. The van der Waals surface area contributed by atoms with Crippen LogP contribution in [0.5, 0.6) is 0 Å². The predicted octanol–water partition coefficient (Wildman–Crippen LogP) is 1.90. The average Bonchev–Trinajstić information content (AvgIpc) is 2.81. The Morgan fingerprint density at radius 3 is 2.92 bits per heavy atom. The molecule has 1 aliphatic heterocycles. The molecule has 0 radical (unpaired) electrons. The minimum Gasteiger partial charge on any atom is -0.395 e. The van der Waals surface area contributed by atoms with E-state index in [-0.39, 0.29) is 31.2 Å². The van der Waals surface area contributed by atoms with Gasteiger partial charge in [-0.25, -0.2) is 4.79 Å². The van der Waals surface area contributed by atoms with E-state index in [4.69, 9.17) is 27.9 Å². The Bertz CT molecular complexity index is 559. The van der Waals surface area contributed by atoms with Crippen molar-refractivity contribution in [2.45, 2.75) is 6.10 Å². The molecule has 0 aliphatic carbocycles. The Hall–Kier alpha value is -1.05. The summed E-state index contributed by atoms with van der Waals surface area (Å²) < 4.78 is 6.00. The van der Waals surface area contributed by atoms with Gasteiger partial charge in [-0.05, 0) is 17.7 Å². The second-order valence-electron chi connectivity index (χ2n) is 5.65. The van der Waals surface area contributed by atoms with Crippen LogP contribution in [-0.2, 0) is 4.74 Å². The van der Waals surface area contributed by atoms with Crippen LogP contribution in [-0.4, -0.2) is 62.5 Å². The molecule has 1 saturated heterocycles. The highest BCUT2D eigenvalue weighted by Gasteiger charge is 2.29. The molecule has 24 heavy (non-hydrogen) atoms. The van der Waals surface area contributed by atoms with Crippen molar-refractivity contribution < 1.29 is 14.6 Å². The summed E-state index contributed by atoms with van der Waals surface area (Å²) in [5.74, 6) is 0.0218. The quantitative estimate of drug-likeness (QED) is 0.734. The molecule has 0 aromatic heterocycles. The van der Waals surface area contributed by atoms with Gasteiger partial charge in [0, 0.05) is 39.1 Å². The summed E-state index contributed by atoms with van der Waals surface area (Å²) in [6.45, 7) is 2.65. The molecule has 0 bridgehead atoms. The van der Waals surface area contributed by atoms with E-state index < -0.39 is 0 Å². The number of hydrogen-bond donors (Lipinski definition) is 3. The fraction of sp³-hybridized carbons (Fsp3) is 0.562. The SMILES string of the molecule is CNC(=O)N(CCO)C[C@@H]1CNCCO[C@H]1c1ccc(Cl)c(Cl)c1. The molecule has 0 unspecified atom stereocenters. The van der Waals surface area contributed by atoms with Crippen LogP contribution in [0.25, 0.3) is 0 Å². The Kier molecular flexibility index (Phi) is 7.58. The Balaban J connectivity index is 2.22. The number of nitrogens with zero attached hydrogens (tertiary/aromatic N) is 1. The van der Waals surface area contributed by atoms with E-state index in [2.05, 4.69) is 10.6 Å². The van der Waals surface area contributed by atoms with Crippen molar-refractivity contribution in [2.24, 2.45) is 5.92 Å². The number of amides is 2. The number of aliphatic hydroxyl groups excluding tert-OH is 1. The molecule has 1 heterocycles. The first kappa shape index (κ1) is 19.3. The number of carbonyl (C=O) groups excluding carboxylic acids is 1. The number of aliphatic hydroxyl groups is 1. The van der Waals surface area contributed by atoms with Crippen molar-refractivity contribution in [3.8, 4) is 0 Å². The fourth-order valence-electron chi connectivity index (χ4n) is 2.84. The van der Waals surface area contributed by atoms with Gasteiger partial charge < -0.3 is 25.4 Å². The van der Waals surface area contributed by atoms with Gasteiger partial charge in [0.15, 0.2) is 0 Å². The Morgan fingerprint density at radius 1 is 1.46 bits per heavy atom. The van der Waals surface area contributed by atoms with Crippen molar-refractivity contribution in [3.05, 3.63) is 33.8 Å². The molecule has 2 atom stereocenters. The lowest BCUT2D eigenvalue weighted by atomic mass is 9.95. The second kappa shape index (κ2) is 9.44. The van der Waals surface area contributed by atoms with Crippen molar-refractivity contribution in [1.82, 2.24) is 15.5 Å². The minimum atomic E-state index is -0.221. The van der Waals surface area contributed by atoms with Gasteiger partial charge in [-0.2, -0.15) is 0 Å². The van der Waals surface area contributed by atoms with Gasteiger partial charge in [-0.3, -0.25) is 0 Å². The van der Waals surface area contributed by atoms with Gasteiger partial charge in [0.2, 0.25) is 0 Å². The summed E-state index contributed by atoms with van der Waals surface area (Å²) in [6, 6.07) is 5.24. The first-order valence-corrected chi connectivity index (χ1v) is 8.67. The van der Waals surface area contributed by atoms with E-state index >= 15 is 0 Å². The van der Waals surface area contributed by atoms with E-state index in [0.717, 1.165) is 12.1 Å². The van der Waals surface area contributed by atoms with Gasteiger partial charge in [0.25, 0.3) is 0 Å². The van der Waals surface area contributed by atoms with Crippen LogP contribution in [0.15, 0.2) is 18.2 Å². The lowest BCUT2D eigenvalue weighted by Crippen LogP contribution is -2.45. The van der Waals surface area contributed by atoms with Gasteiger partial charge in [-0.15, -0.1) is 0 Å². The number of halogens is 2. The molecule has 3 N–H and O–H groups in total. The number of benzene rings is 1. The lowest BCUT2D eigenvalue weighted by molar-refractivity contribution is 0.0209. The molecule has 2 amide bonds. The fourth-order valence-corrected chi connectivity index (χ4v) is 3.15. The molecule has 0 spiro atoms. The predicted molar refractivity (Wildman–Crippen MR) is 94.6 cm³/mol. The number of ether oxygens (including phenoxy) is 1. The number of rotatable bonds is 5. The van der Waals surface area contributed by atoms with Crippen LogP contribution < -0.4 is 10.6 Å². The van der Waals surface area contributed by atoms with Gasteiger partial charge in [-0.1, -0.05) is 29.3 Å². The van der Waals surface area contributed by atoms with Gasteiger partial charge in [0.05, 0.1) is 29.4 Å². The van der Waals surface area contributed by atoms with E-state index in [1.165, 1.54) is 0 Å². The molecule has 6 nitrogen and oxygen atoms in total. The summed E-state index contributed by atoms with van der Waals surface area (Å²) in [5.41, 5.74) is 0.930. The maximum atomic E-state index is 12.0. The highest BCUT2D eigenvalue weighted by Crippen LogP contribution is 2.32. The molecule has 1 aliphatic rings. The number of urea groups is 1.